The lowest BCUT2D eigenvalue weighted by Gasteiger charge is -2.24. The Balaban J connectivity index is 0.00000288. The number of halogens is 1. The van der Waals surface area contributed by atoms with Gasteiger partial charge in [-0.25, -0.2) is 4.99 Å². The van der Waals surface area contributed by atoms with Gasteiger partial charge in [0.05, 0.1) is 12.6 Å². The highest BCUT2D eigenvalue weighted by atomic mass is 127. The van der Waals surface area contributed by atoms with Crippen LogP contribution in [-0.4, -0.2) is 38.0 Å². The Bertz CT molecular complexity index is 608. The number of thiophene rings is 2. The van der Waals surface area contributed by atoms with E-state index in [-0.39, 0.29) is 24.0 Å². The molecule has 0 radical (unpaired) electrons. The summed E-state index contributed by atoms with van der Waals surface area (Å²) in [5.41, 5.74) is 0. The minimum Gasteiger partial charge on any atom is -0.357 e. The van der Waals surface area contributed by atoms with Crippen molar-refractivity contribution in [1.29, 1.82) is 0 Å². The molecule has 2 aromatic heterocycles. The number of hydrogen-bond acceptors (Lipinski definition) is 4. The standard InChI is InChI=1S/C17H26N4S2.HI/c1-5-18-17(19-11-14-9-8-13(2)23-14)20-12-15(21(3)4)16-7-6-10-22-16;/h6-10,15H,5,11-12H2,1-4H3,(H2,18,19,20);1H. The summed E-state index contributed by atoms with van der Waals surface area (Å²) < 4.78 is 0. The van der Waals surface area contributed by atoms with Gasteiger partial charge in [0.1, 0.15) is 0 Å². The monoisotopic (exact) mass is 478 g/mol. The predicted molar refractivity (Wildman–Crippen MR) is 118 cm³/mol. The lowest BCUT2D eigenvalue weighted by molar-refractivity contribution is 0.302. The van der Waals surface area contributed by atoms with Crippen molar-refractivity contribution in [3.05, 3.63) is 44.3 Å². The van der Waals surface area contributed by atoms with Crippen LogP contribution in [0.4, 0.5) is 0 Å². The van der Waals surface area contributed by atoms with Crippen LogP contribution in [0.15, 0.2) is 34.6 Å². The average Bonchev–Trinajstić information content (AvgIpc) is 3.16. The highest BCUT2D eigenvalue weighted by Gasteiger charge is 2.15. The zero-order valence-corrected chi connectivity index (χ0v) is 18.7. The number of likely N-dealkylation sites (N-methyl/N-ethyl adjacent to an activating group) is 1. The van der Waals surface area contributed by atoms with Crippen molar-refractivity contribution in [2.24, 2.45) is 4.99 Å². The zero-order chi connectivity index (χ0) is 16.7. The van der Waals surface area contributed by atoms with E-state index >= 15 is 0 Å². The molecule has 0 amide bonds. The Morgan fingerprint density at radius 2 is 2.04 bits per heavy atom. The molecular weight excluding hydrogens is 451 g/mol. The Morgan fingerprint density at radius 1 is 1.25 bits per heavy atom. The van der Waals surface area contributed by atoms with Crippen molar-refractivity contribution in [3.63, 3.8) is 0 Å². The molecule has 0 fully saturated rings. The molecule has 2 rings (SSSR count). The molecule has 1 unspecified atom stereocenters. The first kappa shape index (κ1) is 21.4. The van der Waals surface area contributed by atoms with Gasteiger partial charge in [-0.05, 0) is 51.5 Å². The molecule has 2 heterocycles. The smallest absolute Gasteiger partial charge is 0.191 e. The first-order valence-electron chi connectivity index (χ1n) is 7.87. The van der Waals surface area contributed by atoms with Crippen LogP contribution in [-0.2, 0) is 6.54 Å². The molecule has 0 aliphatic rings. The van der Waals surface area contributed by atoms with E-state index in [1.165, 1.54) is 14.6 Å². The molecule has 134 valence electrons. The summed E-state index contributed by atoms with van der Waals surface area (Å²) in [5, 5.41) is 8.93. The van der Waals surface area contributed by atoms with Crippen LogP contribution >= 0.6 is 46.7 Å². The molecule has 0 aliphatic heterocycles. The third kappa shape index (κ3) is 6.70. The van der Waals surface area contributed by atoms with Crippen LogP contribution in [0.1, 0.15) is 27.6 Å². The molecule has 7 heteroatoms. The number of rotatable bonds is 7. The van der Waals surface area contributed by atoms with Gasteiger partial charge in [-0.15, -0.1) is 46.7 Å². The minimum absolute atomic E-state index is 0. The molecule has 0 spiro atoms. The molecular formula is C17H27IN4S2. The van der Waals surface area contributed by atoms with Crippen molar-refractivity contribution in [3.8, 4) is 0 Å². The predicted octanol–water partition coefficient (Wildman–Crippen LogP) is 4.09. The number of aryl methyl sites for hydroxylation is 1. The normalized spacial score (nSPS) is 12.8. The van der Waals surface area contributed by atoms with E-state index in [2.05, 4.69) is 73.1 Å². The van der Waals surface area contributed by atoms with Gasteiger partial charge in [0.25, 0.3) is 0 Å². The molecule has 2 N–H and O–H groups in total. The number of guanidine groups is 1. The van der Waals surface area contributed by atoms with Crippen LogP contribution in [0, 0.1) is 6.92 Å². The third-order valence-electron chi connectivity index (χ3n) is 3.49. The van der Waals surface area contributed by atoms with Crippen LogP contribution in [0.2, 0.25) is 0 Å². The lowest BCUT2D eigenvalue weighted by Crippen LogP contribution is -2.41. The molecule has 0 aromatic carbocycles. The highest BCUT2D eigenvalue weighted by Crippen LogP contribution is 2.22. The average molecular weight is 478 g/mol. The molecule has 0 bridgehead atoms. The largest absolute Gasteiger partial charge is 0.357 e. The molecule has 1 atom stereocenters. The maximum absolute atomic E-state index is 4.70. The second kappa shape index (κ2) is 11.1. The van der Waals surface area contributed by atoms with Gasteiger partial charge in [-0.1, -0.05) is 6.07 Å². The van der Waals surface area contributed by atoms with Gasteiger partial charge in [-0.3, -0.25) is 0 Å². The number of aliphatic imine (C=N–C) groups is 1. The molecule has 24 heavy (non-hydrogen) atoms. The lowest BCUT2D eigenvalue weighted by atomic mass is 10.2. The zero-order valence-electron chi connectivity index (χ0n) is 14.7. The van der Waals surface area contributed by atoms with Gasteiger partial charge >= 0.3 is 0 Å². The van der Waals surface area contributed by atoms with E-state index in [0.29, 0.717) is 6.04 Å². The molecule has 2 aromatic rings. The summed E-state index contributed by atoms with van der Waals surface area (Å²) in [7, 11) is 4.23. The summed E-state index contributed by atoms with van der Waals surface area (Å²) in [5.74, 6) is 0.877. The molecule has 4 nitrogen and oxygen atoms in total. The number of hydrogen-bond donors (Lipinski definition) is 2. The Hall–Kier alpha value is -0.640. The van der Waals surface area contributed by atoms with Gasteiger partial charge in [-0.2, -0.15) is 0 Å². The van der Waals surface area contributed by atoms with Gasteiger partial charge in [0.2, 0.25) is 0 Å². The van der Waals surface area contributed by atoms with Crippen molar-refractivity contribution in [1.82, 2.24) is 15.5 Å². The summed E-state index contributed by atoms with van der Waals surface area (Å²) in [6.45, 7) is 6.64. The first-order valence-corrected chi connectivity index (χ1v) is 9.57. The fourth-order valence-electron chi connectivity index (χ4n) is 2.28. The van der Waals surface area contributed by atoms with Crippen molar-refractivity contribution in [2.45, 2.75) is 26.4 Å². The van der Waals surface area contributed by atoms with E-state index in [0.717, 1.165) is 25.6 Å². The van der Waals surface area contributed by atoms with Gasteiger partial charge < -0.3 is 15.5 Å². The SMILES string of the molecule is CCNC(=NCc1ccc(C)s1)NCC(c1cccs1)N(C)C.I. The van der Waals surface area contributed by atoms with Crippen LogP contribution in [0.3, 0.4) is 0 Å². The second-order valence-corrected chi connectivity index (χ2v) is 7.93. The number of nitrogens with one attached hydrogen (secondary N) is 2. The fourth-order valence-corrected chi connectivity index (χ4v) is 4.02. The first-order chi connectivity index (χ1) is 11.1. The van der Waals surface area contributed by atoms with Crippen molar-refractivity contribution in [2.75, 3.05) is 27.2 Å². The van der Waals surface area contributed by atoms with Crippen LogP contribution in [0.5, 0.6) is 0 Å². The van der Waals surface area contributed by atoms with E-state index in [1.807, 2.05) is 0 Å². The van der Waals surface area contributed by atoms with Crippen molar-refractivity contribution >= 4 is 52.6 Å². The maximum Gasteiger partial charge on any atom is 0.191 e. The number of nitrogens with zero attached hydrogens (tertiary/aromatic N) is 2. The van der Waals surface area contributed by atoms with Crippen LogP contribution in [0.25, 0.3) is 0 Å². The highest BCUT2D eigenvalue weighted by molar-refractivity contribution is 14.0. The molecule has 0 aliphatic carbocycles. The van der Waals surface area contributed by atoms with E-state index in [1.54, 1.807) is 22.7 Å². The Kier molecular flexibility index (Phi) is 9.87. The molecule has 0 saturated heterocycles. The van der Waals surface area contributed by atoms with Gasteiger partial charge in [0.15, 0.2) is 5.96 Å². The Labute approximate surface area is 170 Å². The fraction of sp³-hybridized carbons (Fsp3) is 0.471. The van der Waals surface area contributed by atoms with E-state index < -0.39 is 0 Å². The second-order valence-electron chi connectivity index (χ2n) is 5.58. The third-order valence-corrected chi connectivity index (χ3v) is 5.45. The Morgan fingerprint density at radius 3 is 2.58 bits per heavy atom. The topological polar surface area (TPSA) is 39.7 Å². The van der Waals surface area contributed by atoms with E-state index in [4.69, 9.17) is 4.99 Å². The summed E-state index contributed by atoms with van der Waals surface area (Å²) in [6, 6.07) is 8.95. The van der Waals surface area contributed by atoms with Crippen molar-refractivity contribution < 1.29 is 0 Å². The van der Waals surface area contributed by atoms with E-state index in [9.17, 15) is 0 Å². The van der Waals surface area contributed by atoms with Gasteiger partial charge in [0, 0.05) is 27.7 Å². The maximum atomic E-state index is 4.70. The summed E-state index contributed by atoms with van der Waals surface area (Å²) >= 11 is 3.60. The minimum atomic E-state index is 0. The summed E-state index contributed by atoms with van der Waals surface area (Å²) in [4.78, 5) is 10.9. The molecule has 0 saturated carbocycles. The summed E-state index contributed by atoms with van der Waals surface area (Å²) in [6.07, 6.45) is 0. The van der Waals surface area contributed by atoms with Crippen LogP contribution < -0.4 is 10.6 Å². The quantitative estimate of drug-likeness (QED) is 0.358.